The van der Waals surface area contributed by atoms with Crippen molar-refractivity contribution >= 4 is 39.5 Å². The Morgan fingerprint density at radius 2 is 2.20 bits per heavy atom. The van der Waals surface area contributed by atoms with Gasteiger partial charge in [0.2, 0.25) is 0 Å². The van der Waals surface area contributed by atoms with Crippen LogP contribution in [0.4, 0.5) is 15.1 Å². The van der Waals surface area contributed by atoms with Crippen LogP contribution in [0.2, 0.25) is 5.02 Å². The molecule has 4 nitrogen and oxygen atoms in total. The molecule has 20 heavy (non-hydrogen) atoms. The van der Waals surface area contributed by atoms with E-state index in [4.69, 9.17) is 17.3 Å². The van der Waals surface area contributed by atoms with Crippen LogP contribution in [0.5, 0.6) is 0 Å². The highest BCUT2D eigenvalue weighted by Crippen LogP contribution is 2.29. The van der Waals surface area contributed by atoms with Crippen LogP contribution in [0.15, 0.2) is 24.3 Å². The van der Waals surface area contributed by atoms with Gasteiger partial charge in [0.1, 0.15) is 10.7 Å². The van der Waals surface area contributed by atoms with E-state index in [2.05, 4.69) is 10.6 Å². The summed E-state index contributed by atoms with van der Waals surface area (Å²) < 4.78 is 13.0. The number of hydrogen-bond donors (Lipinski definition) is 3. The number of halogens is 2. The molecule has 0 radical (unpaired) electrons. The average molecular weight is 314 g/mol. The van der Waals surface area contributed by atoms with Crippen LogP contribution in [-0.4, -0.2) is 13.0 Å². The first-order chi connectivity index (χ1) is 9.51. The van der Waals surface area contributed by atoms with Gasteiger partial charge in [-0.1, -0.05) is 17.7 Å². The highest BCUT2D eigenvalue weighted by molar-refractivity contribution is 7.18. The Labute approximate surface area is 124 Å². The molecular weight excluding hydrogens is 301 g/mol. The van der Waals surface area contributed by atoms with E-state index in [0.717, 1.165) is 10.6 Å². The Balaban J connectivity index is 2.07. The van der Waals surface area contributed by atoms with Gasteiger partial charge in [-0.2, -0.15) is 0 Å². The maximum absolute atomic E-state index is 13.0. The molecule has 2 aromatic rings. The van der Waals surface area contributed by atoms with E-state index in [-0.39, 0.29) is 10.9 Å². The van der Waals surface area contributed by atoms with Gasteiger partial charge in [0.05, 0.1) is 15.7 Å². The number of anilines is 2. The van der Waals surface area contributed by atoms with Gasteiger partial charge in [0.25, 0.3) is 5.91 Å². The monoisotopic (exact) mass is 313 g/mol. The summed E-state index contributed by atoms with van der Waals surface area (Å²) in [5, 5.41) is 6.50. The standard InChI is InChI=1S/C13H13ClFN3OS/c1-17-13(19)12-10(16)5-11(20-12)18-6-7-2-3-9(15)8(14)4-7/h2-5,18H,6,16H2,1H3,(H,17,19). The molecule has 2 rings (SSSR count). The molecule has 0 aliphatic heterocycles. The molecule has 0 saturated heterocycles. The number of nitrogen functional groups attached to an aromatic ring is 1. The molecule has 0 bridgehead atoms. The second-order valence-corrected chi connectivity index (χ2v) is 5.54. The van der Waals surface area contributed by atoms with Gasteiger partial charge < -0.3 is 16.4 Å². The van der Waals surface area contributed by atoms with E-state index < -0.39 is 5.82 Å². The summed E-state index contributed by atoms with van der Waals surface area (Å²) in [4.78, 5) is 12.0. The summed E-state index contributed by atoms with van der Waals surface area (Å²) in [6.07, 6.45) is 0. The van der Waals surface area contributed by atoms with Crippen molar-refractivity contribution in [1.29, 1.82) is 0 Å². The van der Waals surface area contributed by atoms with Crippen molar-refractivity contribution in [3.63, 3.8) is 0 Å². The molecule has 0 saturated carbocycles. The van der Waals surface area contributed by atoms with Gasteiger partial charge in [0.15, 0.2) is 0 Å². The molecule has 0 unspecified atom stereocenters. The van der Waals surface area contributed by atoms with E-state index in [9.17, 15) is 9.18 Å². The fourth-order valence-corrected chi connectivity index (χ4v) is 2.75. The van der Waals surface area contributed by atoms with Crippen molar-refractivity contribution in [3.8, 4) is 0 Å². The number of benzene rings is 1. The normalized spacial score (nSPS) is 10.3. The van der Waals surface area contributed by atoms with E-state index in [1.807, 2.05) is 0 Å². The molecule has 0 atom stereocenters. The molecule has 0 aliphatic carbocycles. The van der Waals surface area contributed by atoms with Crippen molar-refractivity contribution in [3.05, 3.63) is 45.5 Å². The smallest absolute Gasteiger partial charge is 0.263 e. The van der Waals surface area contributed by atoms with Gasteiger partial charge >= 0.3 is 0 Å². The molecule has 7 heteroatoms. The van der Waals surface area contributed by atoms with Gasteiger partial charge in [-0.05, 0) is 23.8 Å². The molecule has 1 aromatic heterocycles. The van der Waals surface area contributed by atoms with Crippen LogP contribution in [0.25, 0.3) is 0 Å². The van der Waals surface area contributed by atoms with Crippen molar-refractivity contribution < 1.29 is 9.18 Å². The van der Waals surface area contributed by atoms with Gasteiger partial charge in [0, 0.05) is 13.6 Å². The lowest BCUT2D eigenvalue weighted by Gasteiger charge is -2.04. The number of rotatable bonds is 4. The van der Waals surface area contributed by atoms with E-state index in [1.165, 1.54) is 17.4 Å². The summed E-state index contributed by atoms with van der Waals surface area (Å²) in [7, 11) is 1.55. The van der Waals surface area contributed by atoms with E-state index in [0.29, 0.717) is 17.1 Å². The van der Waals surface area contributed by atoms with Gasteiger partial charge in [-0.25, -0.2) is 4.39 Å². The number of nitrogens with two attached hydrogens (primary N) is 1. The topological polar surface area (TPSA) is 67.2 Å². The summed E-state index contributed by atoms with van der Waals surface area (Å²) in [5.74, 6) is -0.664. The van der Waals surface area contributed by atoms with Gasteiger partial charge in [-0.15, -0.1) is 11.3 Å². The zero-order valence-corrected chi connectivity index (χ0v) is 12.2. The lowest BCUT2D eigenvalue weighted by Crippen LogP contribution is -2.17. The molecular formula is C13H13ClFN3OS. The minimum absolute atomic E-state index is 0.0843. The minimum Gasteiger partial charge on any atom is -0.397 e. The summed E-state index contributed by atoms with van der Waals surface area (Å²) in [5.41, 5.74) is 7.03. The predicted molar refractivity (Wildman–Crippen MR) is 80.9 cm³/mol. The Bertz CT molecular complexity index is 645. The second-order valence-electron chi connectivity index (χ2n) is 4.08. The number of amides is 1. The van der Waals surface area contributed by atoms with Crippen molar-refractivity contribution in [2.45, 2.75) is 6.54 Å². The summed E-state index contributed by atoms with van der Waals surface area (Å²) >= 11 is 6.98. The Kier molecular flexibility index (Phi) is 4.46. The first kappa shape index (κ1) is 14.6. The fourth-order valence-electron chi connectivity index (χ4n) is 1.62. The highest BCUT2D eigenvalue weighted by atomic mass is 35.5. The summed E-state index contributed by atoms with van der Waals surface area (Å²) in [6.45, 7) is 0.465. The first-order valence-electron chi connectivity index (χ1n) is 5.80. The molecule has 1 amide bonds. The van der Waals surface area contributed by atoms with Gasteiger partial charge in [-0.3, -0.25) is 4.79 Å². The zero-order valence-electron chi connectivity index (χ0n) is 10.7. The third-order valence-corrected chi connectivity index (χ3v) is 4.04. The lowest BCUT2D eigenvalue weighted by molar-refractivity contribution is 0.0968. The SMILES string of the molecule is CNC(=O)c1sc(NCc2ccc(F)c(Cl)c2)cc1N. The Morgan fingerprint density at radius 3 is 2.85 bits per heavy atom. The Morgan fingerprint density at radius 1 is 1.45 bits per heavy atom. The third-order valence-electron chi connectivity index (χ3n) is 2.64. The molecule has 1 aromatic carbocycles. The fraction of sp³-hybridized carbons (Fsp3) is 0.154. The quantitative estimate of drug-likeness (QED) is 0.812. The first-order valence-corrected chi connectivity index (χ1v) is 7.00. The molecule has 106 valence electrons. The van der Waals surface area contributed by atoms with Crippen molar-refractivity contribution in [2.75, 3.05) is 18.1 Å². The number of nitrogens with one attached hydrogen (secondary N) is 2. The average Bonchev–Trinajstić information content (AvgIpc) is 2.80. The van der Waals surface area contributed by atoms with Crippen LogP contribution in [-0.2, 0) is 6.54 Å². The molecule has 1 heterocycles. The maximum Gasteiger partial charge on any atom is 0.263 e. The van der Waals surface area contributed by atoms with Crippen LogP contribution in [0.1, 0.15) is 15.2 Å². The van der Waals surface area contributed by atoms with E-state index in [1.54, 1.807) is 25.2 Å². The molecule has 4 N–H and O–H groups in total. The lowest BCUT2D eigenvalue weighted by atomic mass is 10.2. The molecule has 0 spiro atoms. The minimum atomic E-state index is -0.447. The molecule has 0 fully saturated rings. The second kappa shape index (κ2) is 6.11. The van der Waals surface area contributed by atoms with Crippen LogP contribution >= 0.6 is 22.9 Å². The predicted octanol–water partition coefficient (Wildman–Crippen LogP) is 3.09. The summed E-state index contributed by atoms with van der Waals surface area (Å²) in [6, 6.07) is 6.21. The number of hydrogen-bond acceptors (Lipinski definition) is 4. The van der Waals surface area contributed by atoms with Crippen molar-refractivity contribution in [1.82, 2.24) is 5.32 Å². The van der Waals surface area contributed by atoms with Crippen molar-refractivity contribution in [2.24, 2.45) is 0 Å². The number of carbonyl (C=O) groups is 1. The van der Waals surface area contributed by atoms with E-state index >= 15 is 0 Å². The zero-order chi connectivity index (χ0) is 14.7. The van der Waals surface area contributed by atoms with Crippen LogP contribution in [0, 0.1) is 5.82 Å². The largest absolute Gasteiger partial charge is 0.397 e. The van der Waals surface area contributed by atoms with Crippen LogP contribution < -0.4 is 16.4 Å². The molecule has 0 aliphatic rings. The number of thiophene rings is 1. The third kappa shape index (κ3) is 3.20. The maximum atomic E-state index is 13.0. The number of carbonyl (C=O) groups excluding carboxylic acids is 1. The highest BCUT2D eigenvalue weighted by Gasteiger charge is 2.12. The Hall–Kier alpha value is -1.79. The van der Waals surface area contributed by atoms with Crippen LogP contribution in [0.3, 0.4) is 0 Å².